The van der Waals surface area contributed by atoms with E-state index in [1.54, 1.807) is 4.90 Å². The maximum absolute atomic E-state index is 13.0. The number of benzene rings is 2. The van der Waals surface area contributed by atoms with Crippen molar-refractivity contribution in [3.8, 4) is 0 Å². The molecule has 2 fully saturated rings. The first-order valence-electron chi connectivity index (χ1n) is 10.1. The molecule has 0 unspecified atom stereocenters. The monoisotopic (exact) mass is 391 g/mol. The minimum atomic E-state index is -0.432. The summed E-state index contributed by atoms with van der Waals surface area (Å²) in [6, 6.07) is 19.1. The van der Waals surface area contributed by atoms with Crippen LogP contribution in [-0.4, -0.2) is 22.6 Å². The van der Waals surface area contributed by atoms with E-state index in [1.165, 1.54) is 0 Å². The van der Waals surface area contributed by atoms with Gasteiger partial charge in [-0.3, -0.25) is 25.2 Å². The van der Waals surface area contributed by atoms with Crippen molar-refractivity contribution in [1.82, 2.24) is 15.8 Å². The van der Waals surface area contributed by atoms with Crippen LogP contribution in [0.4, 0.5) is 0 Å². The SMILES string of the molecule is O=C(NNC(=O)[C@H]1CCC(=O)N(Cc2ccccc2)[C@@H]1c1ccccc1)C1CC1. The maximum Gasteiger partial charge on any atom is 0.243 e. The molecule has 2 aromatic carbocycles. The summed E-state index contributed by atoms with van der Waals surface area (Å²) < 4.78 is 0. The number of carbonyl (C=O) groups is 3. The van der Waals surface area contributed by atoms with Crippen molar-refractivity contribution in [3.05, 3.63) is 71.8 Å². The summed E-state index contributed by atoms with van der Waals surface area (Å²) in [5, 5.41) is 0. The first-order valence-corrected chi connectivity index (χ1v) is 10.1. The van der Waals surface area contributed by atoms with E-state index in [2.05, 4.69) is 10.9 Å². The molecule has 0 spiro atoms. The Morgan fingerprint density at radius 1 is 0.862 bits per heavy atom. The van der Waals surface area contributed by atoms with Crippen molar-refractivity contribution in [1.29, 1.82) is 0 Å². The van der Waals surface area contributed by atoms with E-state index in [9.17, 15) is 14.4 Å². The molecule has 2 aromatic rings. The summed E-state index contributed by atoms with van der Waals surface area (Å²) in [6.45, 7) is 0.442. The van der Waals surface area contributed by atoms with Gasteiger partial charge in [-0.25, -0.2) is 0 Å². The van der Waals surface area contributed by atoms with Gasteiger partial charge in [0.15, 0.2) is 0 Å². The van der Waals surface area contributed by atoms with E-state index in [1.807, 2.05) is 60.7 Å². The molecule has 4 rings (SSSR count). The minimum absolute atomic E-state index is 0.0164. The Hall–Kier alpha value is -3.15. The molecule has 0 radical (unpaired) electrons. The predicted molar refractivity (Wildman–Crippen MR) is 108 cm³/mol. The molecule has 0 bridgehead atoms. The van der Waals surface area contributed by atoms with Gasteiger partial charge in [0.2, 0.25) is 17.7 Å². The topological polar surface area (TPSA) is 78.5 Å². The Bertz CT molecular complexity index is 881. The molecular formula is C23H25N3O3. The van der Waals surface area contributed by atoms with Crippen molar-refractivity contribution < 1.29 is 14.4 Å². The largest absolute Gasteiger partial charge is 0.331 e. The molecule has 2 aliphatic rings. The third-order valence-electron chi connectivity index (χ3n) is 5.64. The van der Waals surface area contributed by atoms with Gasteiger partial charge in [-0.05, 0) is 30.4 Å². The van der Waals surface area contributed by atoms with E-state index >= 15 is 0 Å². The highest BCUT2D eigenvalue weighted by molar-refractivity contribution is 5.88. The van der Waals surface area contributed by atoms with Crippen molar-refractivity contribution in [2.24, 2.45) is 11.8 Å². The molecule has 1 heterocycles. The second kappa shape index (κ2) is 8.47. The number of carbonyl (C=O) groups excluding carboxylic acids is 3. The fourth-order valence-corrected chi connectivity index (χ4v) is 3.92. The Morgan fingerprint density at radius 2 is 1.48 bits per heavy atom. The minimum Gasteiger partial charge on any atom is -0.331 e. The van der Waals surface area contributed by atoms with Crippen LogP contribution in [0.1, 0.15) is 42.9 Å². The zero-order valence-corrected chi connectivity index (χ0v) is 16.2. The Balaban J connectivity index is 1.58. The zero-order valence-electron chi connectivity index (χ0n) is 16.2. The van der Waals surface area contributed by atoms with E-state index in [0.29, 0.717) is 19.4 Å². The van der Waals surface area contributed by atoms with Crippen molar-refractivity contribution in [2.75, 3.05) is 0 Å². The highest BCUT2D eigenvalue weighted by Crippen LogP contribution is 2.38. The van der Waals surface area contributed by atoms with Crippen molar-refractivity contribution in [3.63, 3.8) is 0 Å². The molecular weight excluding hydrogens is 366 g/mol. The van der Waals surface area contributed by atoms with E-state index in [0.717, 1.165) is 24.0 Å². The summed E-state index contributed by atoms with van der Waals surface area (Å²) in [6.07, 6.45) is 2.51. The Labute approximate surface area is 170 Å². The van der Waals surface area contributed by atoms with Crippen LogP contribution in [0.3, 0.4) is 0 Å². The van der Waals surface area contributed by atoms with Gasteiger partial charge in [-0.2, -0.15) is 0 Å². The Kier molecular flexibility index (Phi) is 5.60. The van der Waals surface area contributed by atoms with E-state index in [4.69, 9.17) is 0 Å². The molecule has 6 nitrogen and oxygen atoms in total. The summed E-state index contributed by atoms with van der Waals surface area (Å²) in [5.41, 5.74) is 7.08. The lowest BCUT2D eigenvalue weighted by Crippen LogP contribution is -2.51. The number of amides is 3. The fourth-order valence-electron chi connectivity index (χ4n) is 3.92. The lowest BCUT2D eigenvalue weighted by Gasteiger charge is -2.41. The lowest BCUT2D eigenvalue weighted by atomic mass is 9.83. The lowest BCUT2D eigenvalue weighted by molar-refractivity contribution is -0.145. The van der Waals surface area contributed by atoms with Gasteiger partial charge in [0.05, 0.1) is 12.0 Å². The summed E-state index contributed by atoms with van der Waals surface area (Å²) >= 11 is 0. The molecule has 29 heavy (non-hydrogen) atoms. The van der Waals surface area contributed by atoms with Crippen LogP contribution in [0.5, 0.6) is 0 Å². The molecule has 2 N–H and O–H groups in total. The number of hydrogen-bond donors (Lipinski definition) is 2. The van der Waals surface area contributed by atoms with Crippen LogP contribution in [0.15, 0.2) is 60.7 Å². The number of nitrogens with zero attached hydrogens (tertiary/aromatic N) is 1. The van der Waals surface area contributed by atoms with E-state index in [-0.39, 0.29) is 29.7 Å². The van der Waals surface area contributed by atoms with Gasteiger partial charge in [-0.15, -0.1) is 0 Å². The molecule has 1 aliphatic heterocycles. The third-order valence-corrected chi connectivity index (χ3v) is 5.64. The number of rotatable bonds is 5. The smallest absolute Gasteiger partial charge is 0.243 e. The second-order valence-electron chi connectivity index (χ2n) is 7.76. The molecule has 0 aromatic heterocycles. The first kappa shape index (κ1) is 19.2. The van der Waals surface area contributed by atoms with Crippen LogP contribution in [0, 0.1) is 11.8 Å². The Morgan fingerprint density at radius 3 is 2.14 bits per heavy atom. The average Bonchev–Trinajstić information content (AvgIpc) is 3.60. The molecule has 3 amide bonds. The van der Waals surface area contributed by atoms with E-state index < -0.39 is 5.92 Å². The van der Waals surface area contributed by atoms with Gasteiger partial charge >= 0.3 is 0 Å². The van der Waals surface area contributed by atoms with Crippen LogP contribution in [0.25, 0.3) is 0 Å². The highest BCUT2D eigenvalue weighted by Gasteiger charge is 2.41. The second-order valence-corrected chi connectivity index (χ2v) is 7.76. The van der Waals surface area contributed by atoms with Gasteiger partial charge in [0.25, 0.3) is 0 Å². The predicted octanol–water partition coefficient (Wildman–Crippen LogP) is 2.72. The van der Waals surface area contributed by atoms with Gasteiger partial charge in [0, 0.05) is 18.9 Å². The number of piperidine rings is 1. The fraction of sp³-hybridized carbons (Fsp3) is 0.348. The summed E-state index contributed by atoms with van der Waals surface area (Å²) in [4.78, 5) is 39.5. The first-order chi connectivity index (χ1) is 14.1. The normalized spacial score (nSPS) is 21.5. The number of hydrogen-bond acceptors (Lipinski definition) is 3. The van der Waals surface area contributed by atoms with Crippen molar-refractivity contribution in [2.45, 2.75) is 38.3 Å². The molecule has 1 saturated carbocycles. The van der Waals surface area contributed by atoms with Crippen LogP contribution < -0.4 is 10.9 Å². The van der Waals surface area contributed by atoms with Gasteiger partial charge in [0.1, 0.15) is 0 Å². The number of nitrogens with one attached hydrogen (secondary N) is 2. The molecule has 6 heteroatoms. The van der Waals surface area contributed by atoms with Crippen LogP contribution >= 0.6 is 0 Å². The molecule has 150 valence electrons. The zero-order chi connectivity index (χ0) is 20.2. The third kappa shape index (κ3) is 4.47. The van der Waals surface area contributed by atoms with Gasteiger partial charge < -0.3 is 4.90 Å². The van der Waals surface area contributed by atoms with Crippen LogP contribution in [-0.2, 0) is 20.9 Å². The molecule has 1 saturated heterocycles. The number of likely N-dealkylation sites (tertiary alicyclic amines) is 1. The van der Waals surface area contributed by atoms with Crippen LogP contribution in [0.2, 0.25) is 0 Å². The molecule has 1 aliphatic carbocycles. The summed E-state index contributed by atoms with van der Waals surface area (Å²) in [7, 11) is 0. The average molecular weight is 391 g/mol. The standard InChI is InChI=1S/C23H25N3O3/c27-20-14-13-19(23(29)25-24-22(28)18-11-12-18)21(17-9-5-2-6-10-17)26(20)15-16-7-3-1-4-8-16/h1-10,18-19,21H,11-15H2,(H,24,28)(H,25,29)/t19-,21+/m0/s1. The highest BCUT2D eigenvalue weighted by atomic mass is 16.2. The summed E-state index contributed by atoms with van der Waals surface area (Å²) in [5.74, 6) is -0.768. The number of hydrazine groups is 1. The van der Waals surface area contributed by atoms with Crippen molar-refractivity contribution >= 4 is 17.7 Å². The quantitative estimate of drug-likeness (QED) is 0.770. The van der Waals surface area contributed by atoms with Gasteiger partial charge in [-0.1, -0.05) is 60.7 Å². The maximum atomic E-state index is 13.0. The molecule has 2 atom stereocenters.